The molecule has 1 atom stereocenters. The van der Waals surface area contributed by atoms with Crippen molar-refractivity contribution in [2.75, 3.05) is 13.1 Å². The number of amides is 2. The highest BCUT2D eigenvalue weighted by Gasteiger charge is 2.34. The number of hydrogen-bond acceptors (Lipinski definition) is 4. The van der Waals surface area contributed by atoms with Gasteiger partial charge in [-0.3, -0.25) is 14.4 Å². The van der Waals surface area contributed by atoms with Crippen molar-refractivity contribution >= 4 is 28.9 Å². The van der Waals surface area contributed by atoms with Gasteiger partial charge in [0.15, 0.2) is 5.78 Å². The van der Waals surface area contributed by atoms with Crippen LogP contribution in [0.1, 0.15) is 46.7 Å². The van der Waals surface area contributed by atoms with E-state index in [0.717, 1.165) is 21.7 Å². The lowest BCUT2D eigenvalue weighted by atomic mass is 10.1. The fourth-order valence-corrected chi connectivity index (χ4v) is 4.11. The molecular formula is C20H22N2O3S. The quantitative estimate of drug-likeness (QED) is 0.821. The third kappa shape index (κ3) is 3.70. The van der Waals surface area contributed by atoms with Gasteiger partial charge in [-0.25, -0.2) is 0 Å². The molecule has 0 aliphatic carbocycles. The Hall–Kier alpha value is -2.47. The Labute approximate surface area is 157 Å². The predicted molar refractivity (Wildman–Crippen MR) is 103 cm³/mol. The van der Waals surface area contributed by atoms with E-state index < -0.39 is 0 Å². The van der Waals surface area contributed by atoms with Crippen molar-refractivity contribution in [3.63, 3.8) is 0 Å². The largest absolute Gasteiger partial charge is 0.355 e. The van der Waals surface area contributed by atoms with Crippen molar-refractivity contribution in [1.29, 1.82) is 0 Å². The van der Waals surface area contributed by atoms with E-state index in [0.29, 0.717) is 25.1 Å². The van der Waals surface area contributed by atoms with Gasteiger partial charge in [-0.05, 0) is 56.5 Å². The summed E-state index contributed by atoms with van der Waals surface area (Å²) in [6, 6.07) is 10.7. The maximum Gasteiger partial charge on any atom is 0.254 e. The van der Waals surface area contributed by atoms with Gasteiger partial charge in [-0.2, -0.15) is 0 Å². The molecule has 2 amide bonds. The molecule has 3 rings (SSSR count). The molecule has 1 aliphatic rings. The zero-order chi connectivity index (χ0) is 18.7. The van der Waals surface area contributed by atoms with Crippen LogP contribution in [0, 0.1) is 0 Å². The molecule has 136 valence electrons. The van der Waals surface area contributed by atoms with Gasteiger partial charge in [0, 0.05) is 23.5 Å². The van der Waals surface area contributed by atoms with Crippen LogP contribution in [0.25, 0.3) is 10.4 Å². The van der Waals surface area contributed by atoms with E-state index in [1.165, 1.54) is 11.3 Å². The molecular weight excluding hydrogens is 348 g/mol. The Morgan fingerprint density at radius 1 is 1.15 bits per heavy atom. The molecule has 26 heavy (non-hydrogen) atoms. The fraction of sp³-hybridized carbons (Fsp3) is 0.350. The first-order valence-electron chi connectivity index (χ1n) is 8.81. The summed E-state index contributed by atoms with van der Waals surface area (Å²) in [7, 11) is 0. The number of likely N-dealkylation sites (tertiary alicyclic amines) is 1. The summed E-state index contributed by atoms with van der Waals surface area (Å²) in [5.74, 6) is -0.135. The maximum absolute atomic E-state index is 12.8. The number of thiophene rings is 1. The van der Waals surface area contributed by atoms with Gasteiger partial charge in [0.25, 0.3) is 5.91 Å². The van der Waals surface area contributed by atoms with Gasteiger partial charge >= 0.3 is 0 Å². The van der Waals surface area contributed by atoms with Crippen LogP contribution in [0.3, 0.4) is 0 Å². The van der Waals surface area contributed by atoms with Crippen LogP contribution in [0.5, 0.6) is 0 Å². The van der Waals surface area contributed by atoms with E-state index in [1.807, 2.05) is 31.2 Å². The van der Waals surface area contributed by atoms with Crippen molar-refractivity contribution < 1.29 is 14.4 Å². The number of Topliss-reactive ketones (excluding diaryl/α,β-unsaturated/α-hetero) is 1. The van der Waals surface area contributed by atoms with Crippen LogP contribution >= 0.6 is 11.3 Å². The molecule has 2 aromatic rings. The lowest BCUT2D eigenvalue weighted by Gasteiger charge is -2.24. The van der Waals surface area contributed by atoms with Crippen LogP contribution in [-0.4, -0.2) is 41.6 Å². The number of ketones is 1. The van der Waals surface area contributed by atoms with Gasteiger partial charge in [0.05, 0.1) is 4.88 Å². The van der Waals surface area contributed by atoms with Crippen LogP contribution in [0.4, 0.5) is 0 Å². The average molecular weight is 370 g/mol. The van der Waals surface area contributed by atoms with Crippen LogP contribution in [-0.2, 0) is 4.79 Å². The molecule has 1 saturated heterocycles. The highest BCUT2D eigenvalue weighted by molar-refractivity contribution is 7.17. The second kappa shape index (κ2) is 7.83. The summed E-state index contributed by atoms with van der Waals surface area (Å²) < 4.78 is 0. The average Bonchev–Trinajstić information content (AvgIpc) is 3.31. The summed E-state index contributed by atoms with van der Waals surface area (Å²) >= 11 is 1.45. The molecule has 0 unspecified atom stereocenters. The second-order valence-electron chi connectivity index (χ2n) is 6.35. The van der Waals surface area contributed by atoms with E-state index in [2.05, 4.69) is 5.32 Å². The molecule has 2 heterocycles. The molecule has 0 bridgehead atoms. The first kappa shape index (κ1) is 18.3. The molecule has 1 N–H and O–H groups in total. The standard InChI is InChI=1S/C20H22N2O3S/c1-3-21-19(24)16-5-4-12-22(16)20(25)15-8-6-14(7-9-15)18-11-10-17(26-18)13(2)23/h6-11,16H,3-5,12H2,1-2H3,(H,21,24)/t16-/m0/s1. The van der Waals surface area contributed by atoms with Crippen molar-refractivity contribution in [2.24, 2.45) is 0 Å². The van der Waals surface area contributed by atoms with Crippen LogP contribution < -0.4 is 5.32 Å². The third-order valence-corrected chi connectivity index (χ3v) is 5.77. The first-order valence-corrected chi connectivity index (χ1v) is 9.62. The van der Waals surface area contributed by atoms with Crippen molar-refractivity contribution in [3.8, 4) is 10.4 Å². The minimum atomic E-state index is -0.377. The van der Waals surface area contributed by atoms with Gasteiger partial charge < -0.3 is 10.2 Å². The predicted octanol–water partition coefficient (Wildman–Crippen LogP) is 3.36. The third-order valence-electron chi connectivity index (χ3n) is 4.54. The second-order valence-corrected chi connectivity index (χ2v) is 7.43. The molecule has 1 aromatic carbocycles. The molecule has 1 aromatic heterocycles. The van der Waals surface area contributed by atoms with E-state index in [4.69, 9.17) is 0 Å². The molecule has 0 saturated carbocycles. The van der Waals surface area contributed by atoms with Gasteiger partial charge in [-0.15, -0.1) is 11.3 Å². The number of nitrogens with zero attached hydrogens (tertiary/aromatic N) is 1. The number of carbonyl (C=O) groups excluding carboxylic acids is 3. The Balaban J connectivity index is 1.76. The van der Waals surface area contributed by atoms with Crippen molar-refractivity contribution in [2.45, 2.75) is 32.7 Å². The molecule has 1 fully saturated rings. The molecule has 0 spiro atoms. The topological polar surface area (TPSA) is 66.5 Å². The Morgan fingerprint density at radius 2 is 1.88 bits per heavy atom. The Bertz CT molecular complexity index is 826. The Morgan fingerprint density at radius 3 is 2.50 bits per heavy atom. The van der Waals surface area contributed by atoms with Crippen molar-refractivity contribution in [1.82, 2.24) is 10.2 Å². The summed E-state index contributed by atoms with van der Waals surface area (Å²) in [5, 5.41) is 2.81. The summed E-state index contributed by atoms with van der Waals surface area (Å²) in [4.78, 5) is 39.8. The van der Waals surface area contributed by atoms with Gasteiger partial charge in [0.2, 0.25) is 5.91 Å². The van der Waals surface area contributed by atoms with Gasteiger partial charge in [-0.1, -0.05) is 12.1 Å². The van der Waals surface area contributed by atoms with Crippen LogP contribution in [0.2, 0.25) is 0 Å². The zero-order valence-electron chi connectivity index (χ0n) is 15.0. The number of hydrogen-bond donors (Lipinski definition) is 1. The van der Waals surface area contributed by atoms with E-state index in [-0.39, 0.29) is 23.6 Å². The van der Waals surface area contributed by atoms with E-state index in [1.54, 1.807) is 24.0 Å². The summed E-state index contributed by atoms with van der Waals surface area (Å²) in [5.41, 5.74) is 1.55. The molecule has 0 radical (unpaired) electrons. The minimum absolute atomic E-state index is 0.0541. The number of rotatable bonds is 5. The number of benzene rings is 1. The number of nitrogens with one attached hydrogen (secondary N) is 1. The van der Waals surface area contributed by atoms with Gasteiger partial charge in [0.1, 0.15) is 6.04 Å². The zero-order valence-corrected chi connectivity index (χ0v) is 15.8. The Kier molecular flexibility index (Phi) is 5.52. The summed E-state index contributed by atoms with van der Waals surface area (Å²) in [6.07, 6.45) is 1.55. The summed E-state index contributed by atoms with van der Waals surface area (Å²) in [6.45, 7) is 4.60. The maximum atomic E-state index is 12.8. The highest BCUT2D eigenvalue weighted by Crippen LogP contribution is 2.29. The fourth-order valence-electron chi connectivity index (χ4n) is 3.20. The van der Waals surface area contributed by atoms with E-state index in [9.17, 15) is 14.4 Å². The SMILES string of the molecule is CCNC(=O)[C@@H]1CCCN1C(=O)c1ccc(-c2ccc(C(C)=O)s2)cc1. The number of carbonyl (C=O) groups is 3. The van der Waals surface area contributed by atoms with E-state index >= 15 is 0 Å². The first-order chi connectivity index (χ1) is 12.5. The lowest BCUT2D eigenvalue weighted by Crippen LogP contribution is -2.45. The number of likely N-dealkylation sites (N-methyl/N-ethyl adjacent to an activating group) is 1. The highest BCUT2D eigenvalue weighted by atomic mass is 32.1. The van der Waals surface area contributed by atoms with Crippen LogP contribution in [0.15, 0.2) is 36.4 Å². The normalized spacial score (nSPS) is 16.5. The molecule has 6 heteroatoms. The molecule has 1 aliphatic heterocycles. The smallest absolute Gasteiger partial charge is 0.254 e. The lowest BCUT2D eigenvalue weighted by molar-refractivity contribution is -0.124. The monoisotopic (exact) mass is 370 g/mol. The molecule has 5 nitrogen and oxygen atoms in total. The van der Waals surface area contributed by atoms with Crippen molar-refractivity contribution in [3.05, 3.63) is 46.8 Å². The minimum Gasteiger partial charge on any atom is -0.355 e.